The molecule has 0 amide bonds. The number of cyclic esters (lactones) is 1. The average Bonchev–Trinajstić information content (AvgIpc) is 2.51. The molecule has 1 aliphatic carbocycles. The summed E-state index contributed by atoms with van der Waals surface area (Å²) in [5.41, 5.74) is -0.0993. The maximum Gasteiger partial charge on any atom is 0.333 e. The second kappa shape index (κ2) is 3.73. The first-order valence-corrected chi connectivity index (χ1v) is 5.25. The average molecular weight is 196 g/mol. The van der Waals surface area contributed by atoms with Crippen LogP contribution in [-0.4, -0.2) is 17.9 Å². The molecule has 1 heterocycles. The molecule has 0 radical (unpaired) electrons. The van der Waals surface area contributed by atoms with Crippen molar-refractivity contribution in [3.05, 3.63) is 12.2 Å². The molecule has 1 saturated carbocycles. The standard InChI is InChI=1S/C11H16O3/c1-11(7-3-2-4-8-11)14-10-6-5-9(12)13-10/h5-6,10H,2-4,7-8H2,1H3. The lowest BCUT2D eigenvalue weighted by molar-refractivity contribution is -0.189. The van der Waals surface area contributed by atoms with E-state index in [9.17, 15) is 4.79 Å². The molecule has 2 aliphatic rings. The van der Waals surface area contributed by atoms with Crippen LogP contribution in [0.25, 0.3) is 0 Å². The molecule has 0 bridgehead atoms. The van der Waals surface area contributed by atoms with E-state index in [4.69, 9.17) is 9.47 Å². The Morgan fingerprint density at radius 3 is 2.71 bits per heavy atom. The van der Waals surface area contributed by atoms with Crippen molar-refractivity contribution < 1.29 is 14.3 Å². The molecule has 0 spiro atoms. The molecule has 14 heavy (non-hydrogen) atoms. The molecule has 78 valence electrons. The third kappa shape index (κ3) is 2.15. The Bertz CT molecular complexity index is 251. The van der Waals surface area contributed by atoms with E-state index in [0.717, 1.165) is 12.8 Å². The van der Waals surface area contributed by atoms with E-state index in [1.807, 2.05) is 0 Å². The van der Waals surface area contributed by atoms with E-state index in [-0.39, 0.29) is 11.6 Å². The Morgan fingerprint density at radius 1 is 1.43 bits per heavy atom. The second-order valence-corrected chi connectivity index (χ2v) is 4.29. The molecule has 0 aromatic rings. The van der Waals surface area contributed by atoms with Gasteiger partial charge in [-0.05, 0) is 25.8 Å². The van der Waals surface area contributed by atoms with Gasteiger partial charge in [0.15, 0.2) is 0 Å². The molecule has 3 nitrogen and oxygen atoms in total. The van der Waals surface area contributed by atoms with Crippen molar-refractivity contribution in [2.75, 3.05) is 0 Å². The summed E-state index contributed by atoms with van der Waals surface area (Å²) in [5.74, 6) is -0.297. The number of carbonyl (C=O) groups excluding carboxylic acids is 1. The zero-order valence-electron chi connectivity index (χ0n) is 8.49. The van der Waals surface area contributed by atoms with E-state index >= 15 is 0 Å². The van der Waals surface area contributed by atoms with Gasteiger partial charge in [0.05, 0.1) is 5.60 Å². The van der Waals surface area contributed by atoms with E-state index in [1.54, 1.807) is 6.08 Å². The van der Waals surface area contributed by atoms with Crippen molar-refractivity contribution in [1.29, 1.82) is 0 Å². The maximum absolute atomic E-state index is 10.8. The molecular formula is C11H16O3. The summed E-state index contributed by atoms with van der Waals surface area (Å²) >= 11 is 0. The number of carbonyl (C=O) groups is 1. The maximum atomic E-state index is 10.8. The number of hydrogen-bond acceptors (Lipinski definition) is 3. The van der Waals surface area contributed by atoms with Gasteiger partial charge in [0.1, 0.15) is 0 Å². The summed E-state index contributed by atoms with van der Waals surface area (Å²) in [5, 5.41) is 0. The van der Waals surface area contributed by atoms with Crippen molar-refractivity contribution in [3.63, 3.8) is 0 Å². The van der Waals surface area contributed by atoms with Crippen LogP contribution in [0.1, 0.15) is 39.0 Å². The van der Waals surface area contributed by atoms with Crippen molar-refractivity contribution >= 4 is 5.97 Å². The van der Waals surface area contributed by atoms with Crippen LogP contribution in [0.15, 0.2) is 12.2 Å². The number of esters is 1. The van der Waals surface area contributed by atoms with Crippen LogP contribution in [0.3, 0.4) is 0 Å². The first-order chi connectivity index (χ1) is 6.68. The van der Waals surface area contributed by atoms with Crippen LogP contribution in [0.4, 0.5) is 0 Å². The van der Waals surface area contributed by atoms with Gasteiger partial charge in [-0.1, -0.05) is 19.3 Å². The highest BCUT2D eigenvalue weighted by Crippen LogP contribution is 2.33. The van der Waals surface area contributed by atoms with Gasteiger partial charge in [-0.15, -0.1) is 0 Å². The molecule has 0 N–H and O–H groups in total. The zero-order valence-corrected chi connectivity index (χ0v) is 8.49. The lowest BCUT2D eigenvalue weighted by atomic mass is 9.86. The SMILES string of the molecule is CC1(OC2C=CC(=O)O2)CCCCC1. The first kappa shape index (κ1) is 9.71. The van der Waals surface area contributed by atoms with Crippen LogP contribution in [0.5, 0.6) is 0 Å². The van der Waals surface area contributed by atoms with Gasteiger partial charge in [-0.2, -0.15) is 0 Å². The smallest absolute Gasteiger partial charge is 0.333 e. The number of rotatable bonds is 2. The van der Waals surface area contributed by atoms with Crippen molar-refractivity contribution in [3.8, 4) is 0 Å². The Hall–Kier alpha value is -0.830. The molecular weight excluding hydrogens is 180 g/mol. The van der Waals surface area contributed by atoms with Crippen LogP contribution >= 0.6 is 0 Å². The molecule has 0 saturated heterocycles. The van der Waals surface area contributed by atoms with E-state index in [0.29, 0.717) is 0 Å². The van der Waals surface area contributed by atoms with Gasteiger partial charge in [0.2, 0.25) is 6.29 Å². The summed E-state index contributed by atoms with van der Waals surface area (Å²) < 4.78 is 10.7. The molecule has 1 atom stereocenters. The molecule has 1 unspecified atom stereocenters. The summed E-state index contributed by atoms with van der Waals surface area (Å²) in [7, 11) is 0. The quantitative estimate of drug-likeness (QED) is 0.635. The Labute approximate surface area is 84.1 Å². The third-order valence-electron chi connectivity index (χ3n) is 2.93. The zero-order chi connectivity index (χ0) is 10.0. The number of ether oxygens (including phenoxy) is 2. The topological polar surface area (TPSA) is 35.5 Å². The van der Waals surface area contributed by atoms with Gasteiger partial charge in [-0.25, -0.2) is 4.79 Å². The van der Waals surface area contributed by atoms with E-state index < -0.39 is 6.29 Å². The summed E-state index contributed by atoms with van der Waals surface area (Å²) in [6.07, 6.45) is 8.50. The molecule has 1 aliphatic heterocycles. The molecule has 1 fully saturated rings. The fourth-order valence-electron chi connectivity index (χ4n) is 2.11. The highest BCUT2D eigenvalue weighted by molar-refractivity contribution is 5.84. The van der Waals surface area contributed by atoms with Gasteiger partial charge in [0.25, 0.3) is 0 Å². The Balaban J connectivity index is 1.89. The van der Waals surface area contributed by atoms with Gasteiger partial charge in [-0.3, -0.25) is 0 Å². The van der Waals surface area contributed by atoms with Gasteiger partial charge in [0, 0.05) is 6.08 Å². The fraction of sp³-hybridized carbons (Fsp3) is 0.727. The predicted molar refractivity (Wildman–Crippen MR) is 51.6 cm³/mol. The molecule has 0 aromatic carbocycles. The van der Waals surface area contributed by atoms with Crippen molar-refractivity contribution in [2.24, 2.45) is 0 Å². The monoisotopic (exact) mass is 196 g/mol. The van der Waals surface area contributed by atoms with Crippen molar-refractivity contribution in [1.82, 2.24) is 0 Å². The lowest BCUT2D eigenvalue weighted by Crippen LogP contribution is -2.35. The van der Waals surface area contributed by atoms with Crippen LogP contribution in [-0.2, 0) is 14.3 Å². The lowest BCUT2D eigenvalue weighted by Gasteiger charge is -2.34. The summed E-state index contributed by atoms with van der Waals surface area (Å²) in [6, 6.07) is 0. The van der Waals surface area contributed by atoms with Crippen LogP contribution in [0, 0.1) is 0 Å². The highest BCUT2D eigenvalue weighted by atomic mass is 16.7. The van der Waals surface area contributed by atoms with Crippen LogP contribution in [0.2, 0.25) is 0 Å². The minimum atomic E-state index is -0.453. The molecule has 2 rings (SSSR count). The minimum Gasteiger partial charge on any atom is -0.429 e. The van der Waals surface area contributed by atoms with E-state index in [2.05, 4.69) is 6.92 Å². The summed E-state index contributed by atoms with van der Waals surface area (Å²) in [6.45, 7) is 2.10. The molecule has 0 aromatic heterocycles. The summed E-state index contributed by atoms with van der Waals surface area (Å²) in [4.78, 5) is 10.8. The minimum absolute atomic E-state index is 0.0993. The fourth-order valence-corrected chi connectivity index (χ4v) is 2.11. The number of hydrogen-bond donors (Lipinski definition) is 0. The Kier molecular flexibility index (Phi) is 2.59. The normalized spacial score (nSPS) is 30.4. The van der Waals surface area contributed by atoms with Gasteiger partial charge < -0.3 is 9.47 Å². The van der Waals surface area contributed by atoms with Crippen LogP contribution < -0.4 is 0 Å². The van der Waals surface area contributed by atoms with Crippen molar-refractivity contribution in [2.45, 2.75) is 50.9 Å². The van der Waals surface area contributed by atoms with E-state index in [1.165, 1.54) is 25.3 Å². The highest BCUT2D eigenvalue weighted by Gasteiger charge is 2.32. The Morgan fingerprint density at radius 2 is 2.14 bits per heavy atom. The first-order valence-electron chi connectivity index (χ1n) is 5.25. The largest absolute Gasteiger partial charge is 0.429 e. The van der Waals surface area contributed by atoms with Gasteiger partial charge >= 0.3 is 5.97 Å². The third-order valence-corrected chi connectivity index (χ3v) is 2.93. The molecule has 3 heteroatoms. The second-order valence-electron chi connectivity index (χ2n) is 4.29. The predicted octanol–water partition coefficient (Wildman–Crippen LogP) is 2.16.